The summed E-state index contributed by atoms with van der Waals surface area (Å²) in [5, 5.41) is 3.97. The van der Waals surface area contributed by atoms with E-state index in [1.165, 1.54) is 30.2 Å². The molecule has 0 atom stereocenters. The number of halogens is 1. The lowest BCUT2D eigenvalue weighted by Gasteiger charge is -2.06. The number of hydrogen-bond donors (Lipinski definition) is 2. The van der Waals surface area contributed by atoms with Crippen molar-refractivity contribution < 1.29 is 8.81 Å². The van der Waals surface area contributed by atoms with Crippen LogP contribution in [0.1, 0.15) is 5.89 Å². The highest BCUT2D eigenvalue weighted by molar-refractivity contribution is 7.98. The standard InChI is InChI=1S/C19H16FN5OS/c1-27-19-24-17(12-2-4-14(20)5-3-12)18(25-19)13-6-7-21-15(10-13)23-11-16-22-8-9-26-16/h2-10H,11H2,1H3,(H,21,23)(H,24,25). The average Bonchev–Trinajstić information content (AvgIpc) is 3.37. The van der Waals surface area contributed by atoms with E-state index in [-0.39, 0.29) is 5.82 Å². The van der Waals surface area contributed by atoms with Crippen LogP contribution in [-0.4, -0.2) is 26.2 Å². The second-order valence-corrected chi connectivity index (χ2v) is 6.48. The highest BCUT2D eigenvalue weighted by Gasteiger charge is 2.15. The minimum atomic E-state index is -0.271. The number of hydrogen-bond acceptors (Lipinski definition) is 6. The number of aromatic amines is 1. The van der Waals surface area contributed by atoms with Crippen LogP contribution in [0.25, 0.3) is 22.5 Å². The number of oxazole rings is 1. The number of H-pyrrole nitrogens is 1. The number of nitrogens with zero attached hydrogens (tertiary/aromatic N) is 3. The number of anilines is 1. The molecule has 0 fully saturated rings. The molecule has 136 valence electrons. The molecule has 4 rings (SSSR count). The van der Waals surface area contributed by atoms with Crippen molar-refractivity contribution in [2.45, 2.75) is 11.7 Å². The average molecular weight is 381 g/mol. The Bertz CT molecular complexity index is 1030. The normalized spacial score (nSPS) is 10.9. The summed E-state index contributed by atoms with van der Waals surface area (Å²) in [6, 6.07) is 10.2. The number of pyridine rings is 1. The summed E-state index contributed by atoms with van der Waals surface area (Å²) in [7, 11) is 0. The first-order chi connectivity index (χ1) is 13.2. The topological polar surface area (TPSA) is 79.6 Å². The number of imidazole rings is 1. The summed E-state index contributed by atoms with van der Waals surface area (Å²) in [5.41, 5.74) is 3.39. The monoisotopic (exact) mass is 381 g/mol. The van der Waals surface area contributed by atoms with Gasteiger partial charge in [0, 0.05) is 17.3 Å². The second-order valence-electron chi connectivity index (χ2n) is 5.69. The molecule has 1 aromatic carbocycles. The fourth-order valence-corrected chi connectivity index (χ4v) is 3.05. The molecule has 0 saturated carbocycles. The van der Waals surface area contributed by atoms with Crippen molar-refractivity contribution in [3.8, 4) is 22.5 Å². The molecule has 0 aliphatic heterocycles. The van der Waals surface area contributed by atoms with Gasteiger partial charge in [-0.2, -0.15) is 0 Å². The van der Waals surface area contributed by atoms with E-state index >= 15 is 0 Å². The summed E-state index contributed by atoms with van der Waals surface area (Å²) in [6.45, 7) is 0.435. The first-order valence-corrected chi connectivity index (χ1v) is 9.44. The van der Waals surface area contributed by atoms with Crippen molar-refractivity contribution in [2.24, 2.45) is 0 Å². The molecular weight excluding hydrogens is 365 g/mol. The molecular formula is C19H16FN5OS. The fraction of sp³-hybridized carbons (Fsp3) is 0.105. The zero-order valence-corrected chi connectivity index (χ0v) is 15.3. The van der Waals surface area contributed by atoms with Crippen molar-refractivity contribution in [3.05, 3.63) is 66.8 Å². The molecule has 8 heteroatoms. The first-order valence-electron chi connectivity index (χ1n) is 8.21. The van der Waals surface area contributed by atoms with Gasteiger partial charge in [-0.1, -0.05) is 11.8 Å². The van der Waals surface area contributed by atoms with Gasteiger partial charge in [0.25, 0.3) is 0 Å². The molecule has 2 N–H and O–H groups in total. The molecule has 3 aromatic heterocycles. The van der Waals surface area contributed by atoms with E-state index in [1.54, 1.807) is 24.5 Å². The van der Waals surface area contributed by atoms with E-state index in [0.29, 0.717) is 18.3 Å². The summed E-state index contributed by atoms with van der Waals surface area (Å²) < 4.78 is 18.5. The molecule has 0 spiro atoms. The van der Waals surface area contributed by atoms with Gasteiger partial charge in [0.1, 0.15) is 17.9 Å². The highest BCUT2D eigenvalue weighted by Crippen LogP contribution is 2.33. The Hall–Kier alpha value is -3.13. The van der Waals surface area contributed by atoms with Gasteiger partial charge in [-0.05, 0) is 42.7 Å². The van der Waals surface area contributed by atoms with Crippen LogP contribution in [0.2, 0.25) is 0 Å². The Morgan fingerprint density at radius 1 is 1.11 bits per heavy atom. The third kappa shape index (κ3) is 3.85. The number of nitrogens with one attached hydrogen (secondary N) is 2. The molecule has 4 aromatic rings. The van der Waals surface area contributed by atoms with Crippen LogP contribution in [0.3, 0.4) is 0 Å². The molecule has 0 amide bonds. The van der Waals surface area contributed by atoms with Gasteiger partial charge >= 0.3 is 0 Å². The highest BCUT2D eigenvalue weighted by atomic mass is 32.2. The largest absolute Gasteiger partial charge is 0.447 e. The van der Waals surface area contributed by atoms with Crippen molar-refractivity contribution >= 4 is 17.6 Å². The van der Waals surface area contributed by atoms with Crippen LogP contribution in [0.5, 0.6) is 0 Å². The summed E-state index contributed by atoms with van der Waals surface area (Å²) in [5.74, 6) is 0.995. The van der Waals surface area contributed by atoms with E-state index in [4.69, 9.17) is 4.42 Å². The van der Waals surface area contributed by atoms with Crippen LogP contribution < -0.4 is 5.32 Å². The zero-order valence-electron chi connectivity index (χ0n) is 14.4. The van der Waals surface area contributed by atoms with E-state index in [0.717, 1.165) is 27.7 Å². The Kier molecular flexibility index (Phi) is 4.88. The van der Waals surface area contributed by atoms with Crippen LogP contribution in [0.4, 0.5) is 10.2 Å². The van der Waals surface area contributed by atoms with Crippen molar-refractivity contribution in [3.63, 3.8) is 0 Å². The second kappa shape index (κ2) is 7.63. The van der Waals surface area contributed by atoms with Gasteiger partial charge in [0.2, 0.25) is 5.89 Å². The number of thioether (sulfide) groups is 1. The van der Waals surface area contributed by atoms with Crippen LogP contribution >= 0.6 is 11.8 Å². The number of aromatic nitrogens is 4. The predicted molar refractivity (Wildman–Crippen MR) is 103 cm³/mol. The van der Waals surface area contributed by atoms with E-state index < -0.39 is 0 Å². The Morgan fingerprint density at radius 3 is 2.70 bits per heavy atom. The van der Waals surface area contributed by atoms with E-state index in [1.807, 2.05) is 18.4 Å². The first kappa shape index (κ1) is 17.3. The maximum Gasteiger partial charge on any atom is 0.213 e. The van der Waals surface area contributed by atoms with Crippen LogP contribution in [0.15, 0.2) is 64.6 Å². The van der Waals surface area contributed by atoms with Crippen LogP contribution in [-0.2, 0) is 6.54 Å². The lowest BCUT2D eigenvalue weighted by Crippen LogP contribution is -2.01. The summed E-state index contributed by atoms with van der Waals surface area (Å²) in [4.78, 5) is 16.4. The van der Waals surface area contributed by atoms with Gasteiger partial charge in [0.15, 0.2) is 5.16 Å². The lowest BCUT2D eigenvalue weighted by molar-refractivity contribution is 0.503. The molecule has 0 unspecified atom stereocenters. The SMILES string of the molecule is CSc1nc(-c2ccnc(NCc3ncco3)c2)c(-c2ccc(F)cc2)[nH]1. The van der Waals surface area contributed by atoms with Gasteiger partial charge in [-0.25, -0.2) is 19.3 Å². The minimum absolute atomic E-state index is 0.271. The lowest BCUT2D eigenvalue weighted by atomic mass is 10.1. The van der Waals surface area contributed by atoms with Crippen LogP contribution in [0, 0.1) is 5.82 Å². The Labute approximate surface area is 159 Å². The van der Waals surface area contributed by atoms with Gasteiger partial charge < -0.3 is 14.7 Å². The molecule has 3 heterocycles. The molecule has 6 nitrogen and oxygen atoms in total. The molecule has 0 saturated heterocycles. The summed E-state index contributed by atoms with van der Waals surface area (Å²) >= 11 is 1.52. The van der Waals surface area contributed by atoms with Crippen molar-refractivity contribution in [2.75, 3.05) is 11.6 Å². The van der Waals surface area contributed by atoms with Gasteiger partial charge in [-0.15, -0.1) is 0 Å². The van der Waals surface area contributed by atoms with Crippen molar-refractivity contribution in [1.29, 1.82) is 0 Å². The molecule has 0 aliphatic rings. The molecule has 0 aliphatic carbocycles. The maximum absolute atomic E-state index is 13.3. The smallest absolute Gasteiger partial charge is 0.213 e. The number of rotatable bonds is 6. The van der Waals surface area contributed by atoms with Gasteiger partial charge in [-0.3, -0.25) is 0 Å². The molecule has 0 radical (unpaired) electrons. The fourth-order valence-electron chi connectivity index (χ4n) is 2.66. The Morgan fingerprint density at radius 2 is 1.96 bits per heavy atom. The molecule has 27 heavy (non-hydrogen) atoms. The predicted octanol–water partition coefficient (Wildman–Crippen LogP) is 4.60. The minimum Gasteiger partial charge on any atom is -0.447 e. The quantitative estimate of drug-likeness (QED) is 0.475. The van der Waals surface area contributed by atoms with Crippen molar-refractivity contribution in [1.82, 2.24) is 19.9 Å². The van der Waals surface area contributed by atoms with E-state index in [2.05, 4.69) is 25.3 Å². The van der Waals surface area contributed by atoms with E-state index in [9.17, 15) is 4.39 Å². The third-order valence-electron chi connectivity index (χ3n) is 3.95. The van der Waals surface area contributed by atoms with Gasteiger partial charge in [0.05, 0.1) is 24.1 Å². The molecule has 0 bridgehead atoms. The third-order valence-corrected chi connectivity index (χ3v) is 4.53. The number of benzene rings is 1. The maximum atomic E-state index is 13.3. The summed E-state index contributed by atoms with van der Waals surface area (Å²) in [6.07, 6.45) is 6.80. The zero-order chi connectivity index (χ0) is 18.6. The Balaban J connectivity index is 1.67.